The highest BCUT2D eigenvalue weighted by molar-refractivity contribution is 5.94. The Morgan fingerprint density at radius 3 is 2.35 bits per heavy atom. The number of primary amides is 1. The predicted molar refractivity (Wildman–Crippen MR) is 77.7 cm³/mol. The van der Waals surface area contributed by atoms with E-state index in [4.69, 9.17) is 11.5 Å². The summed E-state index contributed by atoms with van der Waals surface area (Å²) in [6.07, 6.45) is 0. The summed E-state index contributed by atoms with van der Waals surface area (Å²) < 4.78 is 0. The molecule has 0 aromatic heterocycles. The number of carbonyl (C=O) groups excluding carboxylic acids is 2. The second-order valence-electron chi connectivity index (χ2n) is 5.01. The van der Waals surface area contributed by atoms with E-state index in [0.717, 1.165) is 5.56 Å². The maximum absolute atomic E-state index is 11.9. The molecule has 5 nitrogen and oxygen atoms in total. The van der Waals surface area contributed by atoms with Crippen molar-refractivity contribution in [3.05, 3.63) is 35.4 Å². The topological polar surface area (TPSA) is 98.2 Å². The molecule has 20 heavy (non-hydrogen) atoms. The fourth-order valence-electron chi connectivity index (χ4n) is 1.35. The molecule has 0 atom stereocenters. The lowest BCUT2D eigenvalue weighted by atomic mass is 9.92. The van der Waals surface area contributed by atoms with Crippen LogP contribution in [0.4, 0.5) is 0 Å². The standard InChI is InChI=1S/C15H19N3O2/c1-15(2,14(17)20)10-18-13(19)12-7-5-11(6-8-12)4-3-9-16/h5-8H,9-10,16H2,1-2H3,(H2,17,20)(H,18,19). The summed E-state index contributed by atoms with van der Waals surface area (Å²) in [5, 5.41) is 2.69. The molecule has 0 spiro atoms. The Morgan fingerprint density at radius 1 is 1.25 bits per heavy atom. The summed E-state index contributed by atoms with van der Waals surface area (Å²) >= 11 is 0. The fraction of sp³-hybridized carbons (Fsp3) is 0.333. The third-order valence-corrected chi connectivity index (χ3v) is 2.84. The summed E-state index contributed by atoms with van der Waals surface area (Å²) in [6, 6.07) is 6.84. The first-order valence-electron chi connectivity index (χ1n) is 6.24. The van der Waals surface area contributed by atoms with Gasteiger partial charge in [-0.1, -0.05) is 11.8 Å². The molecule has 0 aliphatic rings. The van der Waals surface area contributed by atoms with Gasteiger partial charge in [0.25, 0.3) is 5.91 Å². The molecule has 0 saturated heterocycles. The van der Waals surface area contributed by atoms with Crippen LogP contribution in [-0.4, -0.2) is 24.9 Å². The van der Waals surface area contributed by atoms with E-state index in [0.29, 0.717) is 12.1 Å². The first kappa shape index (κ1) is 15.7. The van der Waals surface area contributed by atoms with E-state index in [9.17, 15) is 9.59 Å². The van der Waals surface area contributed by atoms with Crippen LogP contribution < -0.4 is 16.8 Å². The summed E-state index contributed by atoms with van der Waals surface area (Å²) in [5.74, 6) is 4.90. The number of rotatable bonds is 4. The van der Waals surface area contributed by atoms with E-state index >= 15 is 0 Å². The molecule has 0 fully saturated rings. The van der Waals surface area contributed by atoms with Crippen LogP contribution in [0.5, 0.6) is 0 Å². The van der Waals surface area contributed by atoms with Gasteiger partial charge in [-0.2, -0.15) is 0 Å². The Hall–Kier alpha value is -2.32. The van der Waals surface area contributed by atoms with Crippen LogP contribution >= 0.6 is 0 Å². The number of carbonyl (C=O) groups is 2. The summed E-state index contributed by atoms with van der Waals surface area (Å²) in [7, 11) is 0. The van der Waals surface area contributed by atoms with Crippen molar-refractivity contribution in [2.24, 2.45) is 16.9 Å². The van der Waals surface area contributed by atoms with Gasteiger partial charge in [0.05, 0.1) is 12.0 Å². The molecule has 1 aromatic carbocycles. The van der Waals surface area contributed by atoms with Crippen LogP contribution in [0.15, 0.2) is 24.3 Å². The summed E-state index contributed by atoms with van der Waals surface area (Å²) in [5.41, 5.74) is 11.1. The maximum atomic E-state index is 11.9. The molecule has 5 N–H and O–H groups in total. The normalized spacial score (nSPS) is 10.3. The lowest BCUT2D eigenvalue weighted by Gasteiger charge is -2.20. The van der Waals surface area contributed by atoms with Crippen LogP contribution in [0.2, 0.25) is 0 Å². The monoisotopic (exact) mass is 273 g/mol. The SMILES string of the molecule is CC(C)(CNC(=O)c1ccc(C#CCN)cc1)C(N)=O. The van der Waals surface area contributed by atoms with Gasteiger partial charge in [-0.05, 0) is 38.1 Å². The zero-order valence-electron chi connectivity index (χ0n) is 11.7. The Morgan fingerprint density at radius 2 is 1.85 bits per heavy atom. The van der Waals surface area contributed by atoms with Gasteiger partial charge in [0.15, 0.2) is 0 Å². The molecule has 0 unspecified atom stereocenters. The number of nitrogens with one attached hydrogen (secondary N) is 1. The van der Waals surface area contributed by atoms with Crippen molar-refractivity contribution in [3.8, 4) is 11.8 Å². The summed E-state index contributed by atoms with van der Waals surface area (Å²) in [6.45, 7) is 3.85. The van der Waals surface area contributed by atoms with Crippen LogP contribution in [0.3, 0.4) is 0 Å². The third kappa shape index (κ3) is 4.41. The van der Waals surface area contributed by atoms with Gasteiger partial charge in [-0.15, -0.1) is 0 Å². The first-order valence-corrected chi connectivity index (χ1v) is 6.24. The van der Waals surface area contributed by atoms with E-state index in [1.807, 2.05) is 0 Å². The number of nitrogens with two attached hydrogens (primary N) is 2. The minimum Gasteiger partial charge on any atom is -0.369 e. The van der Waals surface area contributed by atoms with Gasteiger partial charge in [-0.25, -0.2) is 0 Å². The number of hydrogen-bond donors (Lipinski definition) is 3. The minimum absolute atomic E-state index is 0.190. The lowest BCUT2D eigenvalue weighted by Crippen LogP contribution is -2.42. The molecule has 0 radical (unpaired) electrons. The van der Waals surface area contributed by atoms with E-state index < -0.39 is 11.3 Å². The van der Waals surface area contributed by atoms with E-state index in [-0.39, 0.29) is 12.5 Å². The number of amides is 2. The van der Waals surface area contributed by atoms with Crippen molar-refractivity contribution >= 4 is 11.8 Å². The van der Waals surface area contributed by atoms with Gasteiger partial charge in [0.1, 0.15) is 0 Å². The van der Waals surface area contributed by atoms with Crippen molar-refractivity contribution in [1.82, 2.24) is 5.32 Å². The zero-order valence-corrected chi connectivity index (χ0v) is 11.7. The molecule has 0 bridgehead atoms. The molecule has 2 amide bonds. The van der Waals surface area contributed by atoms with E-state index in [1.54, 1.807) is 38.1 Å². The van der Waals surface area contributed by atoms with Crippen LogP contribution in [0.25, 0.3) is 0 Å². The van der Waals surface area contributed by atoms with Gasteiger partial charge in [0, 0.05) is 17.7 Å². The van der Waals surface area contributed by atoms with E-state index in [2.05, 4.69) is 17.2 Å². The molecule has 0 saturated carbocycles. The maximum Gasteiger partial charge on any atom is 0.251 e. The summed E-state index contributed by atoms with van der Waals surface area (Å²) in [4.78, 5) is 23.1. The van der Waals surface area contributed by atoms with Gasteiger partial charge >= 0.3 is 0 Å². The fourth-order valence-corrected chi connectivity index (χ4v) is 1.35. The number of hydrogen-bond acceptors (Lipinski definition) is 3. The van der Waals surface area contributed by atoms with Gasteiger partial charge in [0.2, 0.25) is 5.91 Å². The molecule has 0 aliphatic heterocycles. The second kappa shape index (κ2) is 6.73. The minimum atomic E-state index is -0.776. The molecular formula is C15H19N3O2. The van der Waals surface area contributed by atoms with Gasteiger partial charge < -0.3 is 16.8 Å². The number of benzene rings is 1. The van der Waals surface area contributed by atoms with Crippen LogP contribution in [0.1, 0.15) is 29.8 Å². The van der Waals surface area contributed by atoms with Crippen LogP contribution in [-0.2, 0) is 4.79 Å². The van der Waals surface area contributed by atoms with E-state index in [1.165, 1.54) is 0 Å². The predicted octanol–water partition coefficient (Wildman–Crippen LogP) is 0.238. The Labute approximate surface area is 118 Å². The van der Waals surface area contributed by atoms with Crippen molar-refractivity contribution in [1.29, 1.82) is 0 Å². The molecule has 0 aliphatic carbocycles. The average molecular weight is 273 g/mol. The molecule has 0 heterocycles. The highest BCUT2D eigenvalue weighted by Crippen LogP contribution is 2.12. The second-order valence-corrected chi connectivity index (χ2v) is 5.01. The molecular weight excluding hydrogens is 254 g/mol. The highest BCUT2D eigenvalue weighted by Gasteiger charge is 2.25. The zero-order chi connectivity index (χ0) is 15.2. The van der Waals surface area contributed by atoms with Crippen LogP contribution in [0, 0.1) is 17.3 Å². The Kier molecular flexibility index (Phi) is 5.30. The Balaban J connectivity index is 2.67. The molecule has 5 heteroatoms. The molecule has 1 rings (SSSR count). The quantitative estimate of drug-likeness (QED) is 0.685. The van der Waals surface area contributed by atoms with Gasteiger partial charge in [-0.3, -0.25) is 9.59 Å². The van der Waals surface area contributed by atoms with Crippen molar-refractivity contribution in [3.63, 3.8) is 0 Å². The molecule has 1 aromatic rings. The van der Waals surface area contributed by atoms with Crippen molar-refractivity contribution < 1.29 is 9.59 Å². The average Bonchev–Trinajstić information content (AvgIpc) is 2.43. The largest absolute Gasteiger partial charge is 0.369 e. The lowest BCUT2D eigenvalue weighted by molar-refractivity contribution is -0.125. The third-order valence-electron chi connectivity index (χ3n) is 2.84. The Bertz CT molecular complexity index is 551. The first-order chi connectivity index (χ1) is 9.36. The molecule has 106 valence electrons. The van der Waals surface area contributed by atoms with Crippen molar-refractivity contribution in [2.45, 2.75) is 13.8 Å². The van der Waals surface area contributed by atoms with Crippen molar-refractivity contribution in [2.75, 3.05) is 13.1 Å². The smallest absolute Gasteiger partial charge is 0.251 e. The highest BCUT2D eigenvalue weighted by atomic mass is 16.2.